The van der Waals surface area contributed by atoms with Gasteiger partial charge in [-0.3, -0.25) is 4.79 Å². The number of rotatable bonds is 22. The Morgan fingerprint density at radius 3 is 1.77 bits per heavy atom. The normalized spacial score (nSPS) is 11.6. The van der Waals surface area contributed by atoms with Crippen LogP contribution in [0.2, 0.25) is 0 Å². The molecule has 6 heteroatoms. The van der Waals surface area contributed by atoms with Gasteiger partial charge < -0.3 is 14.2 Å². The smallest absolute Gasteiger partial charge is 0.343 e. The predicted molar refractivity (Wildman–Crippen MR) is 180 cm³/mol. The van der Waals surface area contributed by atoms with Gasteiger partial charge in [0.15, 0.2) is 0 Å². The summed E-state index contributed by atoms with van der Waals surface area (Å²) in [7, 11) is 0. The quantitative estimate of drug-likeness (QED) is 0.0484. The molecule has 0 aliphatic heterocycles. The zero-order valence-electron chi connectivity index (χ0n) is 26.5. The van der Waals surface area contributed by atoms with Gasteiger partial charge >= 0.3 is 5.97 Å². The summed E-state index contributed by atoms with van der Waals surface area (Å²) in [5.74, 6) is 1.75. The zero-order chi connectivity index (χ0) is 31.4. The van der Waals surface area contributed by atoms with Crippen molar-refractivity contribution in [3.8, 4) is 28.4 Å². The Morgan fingerprint density at radius 1 is 0.636 bits per heavy atom. The second-order valence-corrected chi connectivity index (χ2v) is 11.9. The van der Waals surface area contributed by atoms with Crippen molar-refractivity contribution in [2.45, 2.75) is 110 Å². The maximum absolute atomic E-state index is 12.7. The van der Waals surface area contributed by atoms with E-state index in [9.17, 15) is 9.59 Å². The number of hydrogen-bond acceptors (Lipinski definition) is 5. The van der Waals surface area contributed by atoms with Crippen molar-refractivity contribution in [3.05, 3.63) is 78.4 Å². The fourth-order valence-corrected chi connectivity index (χ4v) is 5.19. The molecular formula is C38H49ClO5. The molecule has 0 heterocycles. The molecule has 0 amide bonds. The number of unbranched alkanes of at least 4 members (excludes halogenated alkanes) is 10. The Hall–Kier alpha value is -3.31. The highest BCUT2D eigenvalue weighted by molar-refractivity contribution is 6.63. The number of carbonyl (C=O) groups excluding carboxylic acids is 2. The van der Waals surface area contributed by atoms with E-state index in [-0.39, 0.29) is 11.3 Å². The largest absolute Gasteiger partial charge is 0.494 e. The Kier molecular flexibility index (Phi) is 16.5. The molecule has 238 valence electrons. The minimum absolute atomic E-state index is 0.159. The van der Waals surface area contributed by atoms with Crippen molar-refractivity contribution in [1.82, 2.24) is 0 Å². The Bertz CT molecular complexity index is 1220. The van der Waals surface area contributed by atoms with E-state index in [2.05, 4.69) is 13.8 Å². The Balaban J connectivity index is 1.34. The van der Waals surface area contributed by atoms with Gasteiger partial charge in [0.05, 0.1) is 18.3 Å². The van der Waals surface area contributed by atoms with E-state index in [1.165, 1.54) is 51.4 Å². The Morgan fingerprint density at radius 2 is 1.16 bits per heavy atom. The molecule has 3 aromatic rings. The molecule has 0 saturated carbocycles. The maximum atomic E-state index is 12.7. The van der Waals surface area contributed by atoms with Crippen LogP contribution in [0, 0.1) is 0 Å². The lowest BCUT2D eigenvalue weighted by Crippen LogP contribution is -2.11. The second-order valence-electron chi connectivity index (χ2n) is 11.5. The van der Waals surface area contributed by atoms with Crippen LogP contribution in [0.15, 0.2) is 72.8 Å². The van der Waals surface area contributed by atoms with Crippen LogP contribution in [0.5, 0.6) is 17.2 Å². The van der Waals surface area contributed by atoms with Gasteiger partial charge in [-0.1, -0.05) is 89.0 Å². The number of esters is 1. The van der Waals surface area contributed by atoms with Crippen molar-refractivity contribution in [3.63, 3.8) is 0 Å². The first-order valence-corrected chi connectivity index (χ1v) is 16.8. The number of hydrogen-bond donors (Lipinski definition) is 0. The topological polar surface area (TPSA) is 61.8 Å². The first-order valence-electron chi connectivity index (χ1n) is 16.4. The maximum Gasteiger partial charge on any atom is 0.343 e. The van der Waals surface area contributed by atoms with Crippen molar-refractivity contribution in [1.29, 1.82) is 0 Å². The van der Waals surface area contributed by atoms with Gasteiger partial charge in [-0.25, -0.2) is 4.79 Å². The third-order valence-corrected chi connectivity index (χ3v) is 7.87. The number of carbonyl (C=O) groups is 2. The van der Waals surface area contributed by atoms with Crippen molar-refractivity contribution >= 4 is 22.8 Å². The fourth-order valence-electron chi connectivity index (χ4n) is 5.06. The monoisotopic (exact) mass is 620 g/mol. The molecule has 0 aromatic heterocycles. The van der Waals surface area contributed by atoms with Gasteiger partial charge in [0.25, 0.3) is 0 Å². The lowest BCUT2D eigenvalue weighted by Gasteiger charge is -2.15. The molecule has 0 aliphatic rings. The molecule has 0 saturated heterocycles. The summed E-state index contributed by atoms with van der Waals surface area (Å²) < 4.78 is 17.5. The summed E-state index contributed by atoms with van der Waals surface area (Å²) in [4.78, 5) is 23.4. The summed E-state index contributed by atoms with van der Waals surface area (Å²) >= 11 is 5.36. The summed E-state index contributed by atoms with van der Waals surface area (Å²) in [5.41, 5.74) is 2.58. The molecule has 5 nitrogen and oxygen atoms in total. The molecule has 0 radical (unpaired) electrons. The highest BCUT2D eigenvalue weighted by Gasteiger charge is 2.10. The van der Waals surface area contributed by atoms with E-state index in [1.807, 2.05) is 48.5 Å². The first kappa shape index (κ1) is 35.2. The van der Waals surface area contributed by atoms with Crippen LogP contribution in [-0.2, 0) is 4.79 Å². The van der Waals surface area contributed by atoms with E-state index >= 15 is 0 Å². The van der Waals surface area contributed by atoms with Gasteiger partial charge in [0.2, 0.25) is 5.24 Å². The molecule has 1 atom stereocenters. The number of benzene rings is 3. The average Bonchev–Trinajstić information content (AvgIpc) is 3.03. The fraction of sp³-hybridized carbons (Fsp3) is 0.474. The molecule has 3 aromatic carbocycles. The SMILES string of the molecule is CCCCCC[C@@H](C)Oc1ccc(OC(=O)c2ccc(-c3ccc(OCCCCCCCCCCC(=O)Cl)cc3)cc2)cc1. The van der Waals surface area contributed by atoms with Crippen LogP contribution in [0.1, 0.15) is 114 Å². The number of halogens is 1. The standard InChI is InChI=1S/C38H49ClO5/c1-3-4-5-12-15-30(2)43-35-25-27-36(28-26-35)44-38(41)33-19-17-31(18-20-33)32-21-23-34(24-22-32)42-29-14-11-9-7-6-8-10-13-16-37(39)40/h17-28,30H,3-16,29H2,1-2H3/t30-/m1/s1. The van der Waals surface area contributed by atoms with Gasteiger partial charge in [0, 0.05) is 6.42 Å². The molecule has 0 N–H and O–H groups in total. The third-order valence-electron chi connectivity index (χ3n) is 7.68. The van der Waals surface area contributed by atoms with Crippen molar-refractivity contribution < 1.29 is 23.8 Å². The average molecular weight is 621 g/mol. The van der Waals surface area contributed by atoms with E-state index < -0.39 is 5.97 Å². The van der Waals surface area contributed by atoms with Gasteiger partial charge in [-0.05, 0) is 104 Å². The molecule has 0 aliphatic carbocycles. The van der Waals surface area contributed by atoms with Gasteiger partial charge in [0.1, 0.15) is 17.2 Å². The molecule has 0 fully saturated rings. The van der Waals surface area contributed by atoms with Gasteiger partial charge in [-0.2, -0.15) is 0 Å². The summed E-state index contributed by atoms with van der Waals surface area (Å²) in [5, 5.41) is -0.227. The second kappa shape index (κ2) is 20.6. The van der Waals surface area contributed by atoms with Crippen LogP contribution in [0.4, 0.5) is 0 Å². The first-order chi connectivity index (χ1) is 21.4. The summed E-state index contributed by atoms with van der Waals surface area (Å²) in [6.07, 6.45) is 15.6. The van der Waals surface area contributed by atoms with E-state index in [4.69, 9.17) is 25.8 Å². The van der Waals surface area contributed by atoms with Crippen LogP contribution < -0.4 is 14.2 Å². The number of ether oxygens (including phenoxy) is 3. The molecule has 3 rings (SSSR count). The van der Waals surface area contributed by atoms with Crippen molar-refractivity contribution in [2.24, 2.45) is 0 Å². The third kappa shape index (κ3) is 14.0. The van der Waals surface area contributed by atoms with E-state index in [1.54, 1.807) is 24.3 Å². The predicted octanol–water partition coefficient (Wildman–Crippen LogP) is 11.0. The van der Waals surface area contributed by atoms with Crippen molar-refractivity contribution in [2.75, 3.05) is 6.61 Å². The molecule has 0 unspecified atom stereocenters. The highest BCUT2D eigenvalue weighted by Crippen LogP contribution is 2.25. The van der Waals surface area contributed by atoms with Crippen LogP contribution in [-0.4, -0.2) is 23.9 Å². The van der Waals surface area contributed by atoms with Crippen LogP contribution in [0.3, 0.4) is 0 Å². The molecule has 0 spiro atoms. The summed E-state index contributed by atoms with van der Waals surface area (Å²) in [6.45, 7) is 5.02. The van der Waals surface area contributed by atoms with Gasteiger partial charge in [-0.15, -0.1) is 0 Å². The zero-order valence-corrected chi connectivity index (χ0v) is 27.3. The molecule has 44 heavy (non-hydrogen) atoms. The molecular weight excluding hydrogens is 572 g/mol. The highest BCUT2D eigenvalue weighted by atomic mass is 35.5. The lowest BCUT2D eigenvalue weighted by atomic mass is 10.0. The Labute approximate surface area is 269 Å². The molecule has 0 bridgehead atoms. The lowest BCUT2D eigenvalue weighted by molar-refractivity contribution is -0.111. The minimum atomic E-state index is -0.391. The van der Waals surface area contributed by atoms with Crippen LogP contribution in [0.25, 0.3) is 11.1 Å². The van der Waals surface area contributed by atoms with Crippen LogP contribution >= 0.6 is 11.6 Å². The van der Waals surface area contributed by atoms with E-state index in [0.717, 1.165) is 54.7 Å². The van der Waals surface area contributed by atoms with E-state index in [0.29, 0.717) is 24.3 Å². The minimum Gasteiger partial charge on any atom is -0.494 e. The summed E-state index contributed by atoms with van der Waals surface area (Å²) in [6, 6.07) is 22.7.